The van der Waals surface area contributed by atoms with Gasteiger partial charge in [0.05, 0.1) is 11.5 Å². The zero-order valence-electron chi connectivity index (χ0n) is 10.4. The van der Waals surface area contributed by atoms with Gasteiger partial charge < -0.3 is 4.74 Å². The number of benzene rings is 1. The van der Waals surface area contributed by atoms with E-state index in [0.717, 1.165) is 5.56 Å². The summed E-state index contributed by atoms with van der Waals surface area (Å²) in [4.78, 5) is 0.323. The van der Waals surface area contributed by atoms with Crippen LogP contribution in [0.25, 0.3) is 0 Å². The van der Waals surface area contributed by atoms with E-state index in [9.17, 15) is 8.42 Å². The van der Waals surface area contributed by atoms with Crippen LogP contribution in [0, 0.1) is 6.92 Å². The molecule has 0 aliphatic rings. The molecule has 1 unspecified atom stereocenters. The van der Waals surface area contributed by atoms with Crippen LogP contribution < -0.4 is 4.72 Å². The first kappa shape index (κ1) is 14.2. The number of hydrogen-bond acceptors (Lipinski definition) is 3. The average molecular weight is 257 g/mol. The summed E-state index contributed by atoms with van der Waals surface area (Å²) in [7, 11) is -3.45. The van der Waals surface area contributed by atoms with Gasteiger partial charge in [-0.25, -0.2) is 13.1 Å². The zero-order chi connectivity index (χ0) is 12.9. The highest BCUT2D eigenvalue weighted by Crippen LogP contribution is 2.14. The monoisotopic (exact) mass is 257 g/mol. The Kier molecular flexibility index (Phi) is 5.11. The second kappa shape index (κ2) is 6.14. The van der Waals surface area contributed by atoms with Gasteiger partial charge in [-0.3, -0.25) is 0 Å². The molecular weight excluding hydrogens is 238 g/mol. The van der Waals surface area contributed by atoms with Crippen molar-refractivity contribution in [1.82, 2.24) is 4.72 Å². The van der Waals surface area contributed by atoms with Crippen LogP contribution in [0.15, 0.2) is 29.2 Å². The molecule has 0 fully saturated rings. The third kappa shape index (κ3) is 4.11. The summed E-state index contributed by atoms with van der Waals surface area (Å²) in [6, 6.07) is 6.68. The van der Waals surface area contributed by atoms with Crippen molar-refractivity contribution in [2.24, 2.45) is 0 Å². The molecule has 0 heterocycles. The lowest BCUT2D eigenvalue weighted by Gasteiger charge is -2.15. The average Bonchev–Trinajstić information content (AvgIpc) is 2.26. The van der Waals surface area contributed by atoms with Crippen LogP contribution in [-0.2, 0) is 14.8 Å². The lowest BCUT2D eigenvalue weighted by Crippen LogP contribution is -2.36. The van der Waals surface area contributed by atoms with E-state index in [-0.39, 0.29) is 6.04 Å². The first-order valence-electron chi connectivity index (χ1n) is 5.63. The van der Waals surface area contributed by atoms with E-state index in [0.29, 0.717) is 18.1 Å². The van der Waals surface area contributed by atoms with E-state index in [1.807, 2.05) is 13.0 Å². The standard InChI is InChI=1S/C12H19NO3S/c1-4-16-9-11(3)13-17(14,15)12-8-6-5-7-10(12)2/h5-8,11,13H,4,9H2,1-3H3. The van der Waals surface area contributed by atoms with E-state index in [2.05, 4.69) is 4.72 Å². The van der Waals surface area contributed by atoms with E-state index in [1.165, 1.54) is 0 Å². The van der Waals surface area contributed by atoms with Crippen LogP contribution in [-0.4, -0.2) is 27.7 Å². The van der Waals surface area contributed by atoms with Gasteiger partial charge >= 0.3 is 0 Å². The van der Waals surface area contributed by atoms with Crippen LogP contribution in [0.4, 0.5) is 0 Å². The number of rotatable bonds is 6. The number of aryl methyl sites for hydroxylation is 1. The fourth-order valence-corrected chi connectivity index (χ4v) is 2.99. The van der Waals surface area contributed by atoms with Crippen LogP contribution in [0.1, 0.15) is 19.4 Å². The van der Waals surface area contributed by atoms with Crippen molar-refractivity contribution in [3.8, 4) is 0 Å². The normalized spacial score (nSPS) is 13.6. The van der Waals surface area contributed by atoms with Crippen LogP contribution in [0.5, 0.6) is 0 Å². The molecule has 1 rings (SSSR count). The van der Waals surface area contributed by atoms with E-state index < -0.39 is 10.0 Å². The van der Waals surface area contributed by atoms with Crippen molar-refractivity contribution in [2.45, 2.75) is 31.7 Å². The molecule has 0 amide bonds. The molecule has 0 saturated heterocycles. The van der Waals surface area contributed by atoms with Crippen molar-refractivity contribution in [1.29, 1.82) is 0 Å². The maximum Gasteiger partial charge on any atom is 0.241 e. The van der Waals surface area contributed by atoms with Gasteiger partial charge in [0, 0.05) is 12.6 Å². The largest absolute Gasteiger partial charge is 0.380 e. The second-order valence-corrected chi connectivity index (χ2v) is 5.63. The molecule has 0 spiro atoms. The minimum Gasteiger partial charge on any atom is -0.380 e. The van der Waals surface area contributed by atoms with Crippen molar-refractivity contribution in [3.63, 3.8) is 0 Å². The fourth-order valence-electron chi connectivity index (χ4n) is 1.51. The predicted molar refractivity (Wildman–Crippen MR) is 67.5 cm³/mol. The summed E-state index contributed by atoms with van der Waals surface area (Å²) in [5.74, 6) is 0. The van der Waals surface area contributed by atoms with E-state index >= 15 is 0 Å². The molecule has 96 valence electrons. The van der Waals surface area contributed by atoms with Crippen molar-refractivity contribution < 1.29 is 13.2 Å². The lowest BCUT2D eigenvalue weighted by atomic mass is 10.2. The molecule has 17 heavy (non-hydrogen) atoms. The number of ether oxygens (including phenoxy) is 1. The van der Waals surface area contributed by atoms with Gasteiger partial charge in [0.2, 0.25) is 10.0 Å². The Morgan fingerprint density at radius 2 is 2.00 bits per heavy atom. The summed E-state index contributed by atoms with van der Waals surface area (Å²) in [6.07, 6.45) is 0. The number of nitrogens with one attached hydrogen (secondary N) is 1. The Bertz CT molecular complexity index is 457. The molecule has 0 aromatic heterocycles. The fraction of sp³-hybridized carbons (Fsp3) is 0.500. The molecule has 0 radical (unpaired) electrons. The van der Waals surface area contributed by atoms with Crippen LogP contribution >= 0.6 is 0 Å². The molecule has 0 aliphatic carbocycles. The second-order valence-electron chi connectivity index (χ2n) is 3.95. The van der Waals surface area contributed by atoms with Gasteiger partial charge in [-0.15, -0.1) is 0 Å². The minimum absolute atomic E-state index is 0.237. The van der Waals surface area contributed by atoms with Gasteiger partial charge in [0.15, 0.2) is 0 Å². The van der Waals surface area contributed by atoms with Gasteiger partial charge in [-0.05, 0) is 32.4 Å². The molecule has 4 nitrogen and oxygen atoms in total. The highest BCUT2D eigenvalue weighted by molar-refractivity contribution is 7.89. The van der Waals surface area contributed by atoms with E-state index in [4.69, 9.17) is 4.74 Å². The highest BCUT2D eigenvalue weighted by atomic mass is 32.2. The van der Waals surface area contributed by atoms with Gasteiger partial charge in [-0.2, -0.15) is 0 Å². The van der Waals surface area contributed by atoms with Crippen LogP contribution in [0.3, 0.4) is 0 Å². The summed E-state index contributed by atoms with van der Waals surface area (Å²) >= 11 is 0. The summed E-state index contributed by atoms with van der Waals surface area (Å²) in [6.45, 7) is 6.40. The van der Waals surface area contributed by atoms with Crippen molar-refractivity contribution >= 4 is 10.0 Å². The molecule has 1 atom stereocenters. The first-order chi connectivity index (χ1) is 7.97. The molecule has 0 bridgehead atoms. The zero-order valence-corrected chi connectivity index (χ0v) is 11.3. The molecule has 0 aliphatic heterocycles. The van der Waals surface area contributed by atoms with Crippen molar-refractivity contribution in [3.05, 3.63) is 29.8 Å². The van der Waals surface area contributed by atoms with Crippen LogP contribution in [0.2, 0.25) is 0 Å². The molecule has 0 saturated carbocycles. The van der Waals surface area contributed by atoms with Crippen molar-refractivity contribution in [2.75, 3.05) is 13.2 Å². The Morgan fingerprint density at radius 3 is 2.59 bits per heavy atom. The summed E-state index contributed by atoms with van der Waals surface area (Å²) in [5, 5.41) is 0. The quantitative estimate of drug-likeness (QED) is 0.844. The van der Waals surface area contributed by atoms with Gasteiger partial charge in [0.1, 0.15) is 0 Å². The predicted octanol–water partition coefficient (Wildman–Crippen LogP) is 1.70. The van der Waals surface area contributed by atoms with E-state index in [1.54, 1.807) is 32.0 Å². The Hall–Kier alpha value is -0.910. The third-order valence-electron chi connectivity index (χ3n) is 2.31. The van der Waals surface area contributed by atoms with Gasteiger partial charge in [0.25, 0.3) is 0 Å². The summed E-state index contributed by atoms with van der Waals surface area (Å²) < 4.78 is 31.9. The third-order valence-corrected chi connectivity index (χ3v) is 4.06. The Labute approximate surface area is 103 Å². The molecule has 1 aromatic carbocycles. The molecule has 5 heteroatoms. The topological polar surface area (TPSA) is 55.4 Å². The smallest absolute Gasteiger partial charge is 0.241 e. The maximum atomic E-state index is 12.1. The minimum atomic E-state index is -3.45. The SMILES string of the molecule is CCOCC(C)NS(=O)(=O)c1ccccc1C. The molecular formula is C12H19NO3S. The Balaban J connectivity index is 2.79. The molecule has 1 aromatic rings. The highest BCUT2D eigenvalue weighted by Gasteiger charge is 2.18. The Morgan fingerprint density at radius 1 is 1.35 bits per heavy atom. The van der Waals surface area contributed by atoms with Gasteiger partial charge in [-0.1, -0.05) is 18.2 Å². The first-order valence-corrected chi connectivity index (χ1v) is 7.11. The lowest BCUT2D eigenvalue weighted by molar-refractivity contribution is 0.133. The number of hydrogen-bond donors (Lipinski definition) is 1. The number of sulfonamides is 1. The summed E-state index contributed by atoms with van der Waals surface area (Å²) in [5.41, 5.74) is 0.739. The molecule has 1 N–H and O–H groups in total. The maximum absolute atomic E-state index is 12.1.